The number of nitrogens with zero attached hydrogens (tertiary/aromatic N) is 1. The molecule has 9 aromatic rings. The number of rotatable bonds is 4. The first-order chi connectivity index (χ1) is 21.8. The Labute approximate surface area is 255 Å². The molecule has 0 atom stereocenters. The van der Waals surface area contributed by atoms with Crippen LogP contribution in [-0.4, -0.2) is 0 Å². The SMILES string of the molecule is c1ccc(-c2cccc3c2oc2c4ccccc4c(N(c4ccccc4)c4cc5ccccc5c5ccccc45)cc32)cc1. The third-order valence-electron chi connectivity index (χ3n) is 8.81. The van der Waals surface area contributed by atoms with E-state index in [0.29, 0.717) is 0 Å². The summed E-state index contributed by atoms with van der Waals surface area (Å²) < 4.78 is 6.81. The fourth-order valence-electron chi connectivity index (χ4n) is 6.84. The van der Waals surface area contributed by atoms with E-state index in [4.69, 9.17) is 4.42 Å². The van der Waals surface area contributed by atoms with Gasteiger partial charge >= 0.3 is 0 Å². The number of hydrogen-bond donors (Lipinski definition) is 0. The summed E-state index contributed by atoms with van der Waals surface area (Å²) in [4.78, 5) is 2.43. The highest BCUT2D eigenvalue weighted by Gasteiger charge is 2.23. The maximum atomic E-state index is 6.81. The number of benzene rings is 8. The zero-order valence-corrected chi connectivity index (χ0v) is 23.9. The van der Waals surface area contributed by atoms with Gasteiger partial charge in [0.1, 0.15) is 11.2 Å². The first kappa shape index (κ1) is 24.7. The minimum absolute atomic E-state index is 0.915. The molecule has 1 heterocycles. The van der Waals surface area contributed by atoms with Gasteiger partial charge in [0.2, 0.25) is 0 Å². The third kappa shape index (κ3) is 3.75. The molecular formula is C42H27NO. The standard InChI is InChI=1S/C42H27NO/c1-3-14-28(15-4-1)32-24-13-25-37-38-27-40(35-22-11-12-23-36(35)42(38)44-41(32)37)43(30-17-5-2-6-18-30)39-26-29-16-7-8-19-31(29)33-20-9-10-21-34(33)39/h1-27H. The Hall–Kier alpha value is -5.86. The molecule has 206 valence electrons. The van der Waals surface area contributed by atoms with Crippen LogP contribution in [-0.2, 0) is 0 Å². The number of furan rings is 1. The number of para-hydroxylation sites is 2. The predicted octanol–water partition coefficient (Wildman–Crippen LogP) is 12.2. The normalized spacial score (nSPS) is 11.6. The summed E-state index contributed by atoms with van der Waals surface area (Å²) in [6.07, 6.45) is 0. The largest absolute Gasteiger partial charge is 0.455 e. The van der Waals surface area contributed by atoms with Crippen LogP contribution in [0.15, 0.2) is 168 Å². The van der Waals surface area contributed by atoms with Gasteiger partial charge < -0.3 is 9.32 Å². The van der Waals surface area contributed by atoms with Crippen molar-refractivity contribution in [3.05, 3.63) is 164 Å². The molecule has 0 aliphatic heterocycles. The quantitative estimate of drug-likeness (QED) is 0.199. The van der Waals surface area contributed by atoms with Crippen LogP contribution in [0.5, 0.6) is 0 Å². The van der Waals surface area contributed by atoms with Crippen molar-refractivity contribution in [3.8, 4) is 11.1 Å². The maximum Gasteiger partial charge on any atom is 0.143 e. The molecule has 0 unspecified atom stereocenters. The Morgan fingerprint density at radius 3 is 1.68 bits per heavy atom. The molecule has 0 aliphatic carbocycles. The van der Waals surface area contributed by atoms with E-state index < -0.39 is 0 Å². The van der Waals surface area contributed by atoms with E-state index in [9.17, 15) is 0 Å². The predicted molar refractivity (Wildman–Crippen MR) is 186 cm³/mol. The summed E-state index contributed by atoms with van der Waals surface area (Å²) in [5, 5.41) is 9.39. The van der Waals surface area contributed by atoms with Gasteiger partial charge in [-0.15, -0.1) is 0 Å². The number of hydrogen-bond acceptors (Lipinski definition) is 2. The summed E-state index contributed by atoms with van der Waals surface area (Å²) >= 11 is 0. The second kappa shape index (κ2) is 9.86. The van der Waals surface area contributed by atoms with Crippen LogP contribution < -0.4 is 4.90 Å². The maximum absolute atomic E-state index is 6.81. The molecule has 8 aromatic carbocycles. The lowest BCUT2D eigenvalue weighted by Gasteiger charge is -2.29. The second-order valence-corrected chi connectivity index (χ2v) is 11.3. The lowest BCUT2D eigenvalue weighted by Crippen LogP contribution is -2.11. The van der Waals surface area contributed by atoms with Crippen molar-refractivity contribution in [1.29, 1.82) is 0 Å². The summed E-state index contributed by atoms with van der Waals surface area (Å²) in [6.45, 7) is 0. The fraction of sp³-hybridized carbons (Fsp3) is 0. The van der Waals surface area contributed by atoms with Crippen LogP contribution in [0.1, 0.15) is 0 Å². The Morgan fingerprint density at radius 2 is 0.909 bits per heavy atom. The van der Waals surface area contributed by atoms with Crippen LogP contribution in [0, 0.1) is 0 Å². The van der Waals surface area contributed by atoms with Crippen molar-refractivity contribution in [2.24, 2.45) is 0 Å². The van der Waals surface area contributed by atoms with Crippen LogP contribution in [0.25, 0.3) is 65.4 Å². The summed E-state index contributed by atoms with van der Waals surface area (Å²) in [6, 6.07) is 58.4. The minimum atomic E-state index is 0.915. The lowest BCUT2D eigenvalue weighted by atomic mass is 9.97. The molecule has 2 nitrogen and oxygen atoms in total. The molecule has 0 radical (unpaired) electrons. The number of anilines is 3. The summed E-state index contributed by atoms with van der Waals surface area (Å²) in [5.41, 5.74) is 7.45. The van der Waals surface area contributed by atoms with Crippen molar-refractivity contribution in [2.75, 3.05) is 4.90 Å². The van der Waals surface area contributed by atoms with Gasteiger partial charge in [0.05, 0.1) is 11.4 Å². The van der Waals surface area contributed by atoms with E-state index in [0.717, 1.165) is 60.9 Å². The average molecular weight is 562 g/mol. The first-order valence-corrected chi connectivity index (χ1v) is 15.0. The topological polar surface area (TPSA) is 16.4 Å². The van der Waals surface area contributed by atoms with Gasteiger partial charge in [0.15, 0.2) is 0 Å². The Kier molecular flexibility index (Phi) is 5.54. The summed E-state index contributed by atoms with van der Waals surface area (Å²) in [7, 11) is 0. The average Bonchev–Trinajstić information content (AvgIpc) is 3.48. The van der Waals surface area contributed by atoms with Crippen molar-refractivity contribution in [2.45, 2.75) is 0 Å². The fourth-order valence-corrected chi connectivity index (χ4v) is 6.84. The third-order valence-corrected chi connectivity index (χ3v) is 8.81. The van der Waals surface area contributed by atoms with Crippen LogP contribution in [0.3, 0.4) is 0 Å². The van der Waals surface area contributed by atoms with Crippen molar-refractivity contribution >= 4 is 71.3 Å². The summed E-state index contributed by atoms with van der Waals surface area (Å²) in [5.74, 6) is 0. The van der Waals surface area contributed by atoms with Gasteiger partial charge in [-0.3, -0.25) is 0 Å². The zero-order chi connectivity index (χ0) is 29.0. The molecule has 0 fully saturated rings. The molecule has 0 spiro atoms. The molecule has 0 aliphatic rings. The molecule has 1 aromatic heterocycles. The van der Waals surface area contributed by atoms with Gasteiger partial charge in [-0.2, -0.15) is 0 Å². The highest BCUT2D eigenvalue weighted by atomic mass is 16.3. The van der Waals surface area contributed by atoms with Crippen LogP contribution in [0.4, 0.5) is 17.1 Å². The molecule has 9 rings (SSSR count). The molecule has 0 bridgehead atoms. The lowest BCUT2D eigenvalue weighted by molar-refractivity contribution is 0.674. The first-order valence-electron chi connectivity index (χ1n) is 15.0. The van der Waals surface area contributed by atoms with Gasteiger partial charge in [-0.25, -0.2) is 0 Å². The van der Waals surface area contributed by atoms with Crippen LogP contribution in [0.2, 0.25) is 0 Å². The van der Waals surface area contributed by atoms with Gasteiger partial charge in [-0.05, 0) is 46.0 Å². The monoisotopic (exact) mass is 561 g/mol. The highest BCUT2D eigenvalue weighted by molar-refractivity contribution is 6.22. The molecule has 0 saturated carbocycles. The van der Waals surface area contributed by atoms with Gasteiger partial charge in [0.25, 0.3) is 0 Å². The van der Waals surface area contributed by atoms with Crippen LogP contribution >= 0.6 is 0 Å². The number of fused-ring (bicyclic) bond motifs is 8. The minimum Gasteiger partial charge on any atom is -0.455 e. The van der Waals surface area contributed by atoms with E-state index in [1.807, 2.05) is 0 Å². The van der Waals surface area contributed by atoms with Gasteiger partial charge in [-0.1, -0.05) is 140 Å². The van der Waals surface area contributed by atoms with E-state index in [2.05, 4.69) is 169 Å². The van der Waals surface area contributed by atoms with Gasteiger partial charge in [0, 0.05) is 38.2 Å². The molecule has 0 amide bonds. The van der Waals surface area contributed by atoms with E-state index >= 15 is 0 Å². The zero-order valence-electron chi connectivity index (χ0n) is 23.9. The Bertz CT molecular complexity index is 2490. The van der Waals surface area contributed by atoms with E-state index in [-0.39, 0.29) is 0 Å². The highest BCUT2D eigenvalue weighted by Crippen LogP contribution is 2.48. The molecular weight excluding hydrogens is 534 g/mol. The smallest absolute Gasteiger partial charge is 0.143 e. The van der Waals surface area contributed by atoms with Crippen molar-refractivity contribution in [1.82, 2.24) is 0 Å². The Balaban J connectivity index is 1.41. The molecule has 0 N–H and O–H groups in total. The van der Waals surface area contributed by atoms with Crippen molar-refractivity contribution < 1.29 is 4.42 Å². The Morgan fingerprint density at radius 1 is 0.364 bits per heavy atom. The van der Waals surface area contributed by atoms with E-state index in [1.54, 1.807) is 0 Å². The molecule has 0 saturated heterocycles. The van der Waals surface area contributed by atoms with E-state index in [1.165, 1.54) is 21.5 Å². The molecule has 2 heteroatoms. The molecule has 44 heavy (non-hydrogen) atoms. The second-order valence-electron chi connectivity index (χ2n) is 11.3. The van der Waals surface area contributed by atoms with Crippen molar-refractivity contribution in [3.63, 3.8) is 0 Å².